The Morgan fingerprint density at radius 3 is 2.71 bits per heavy atom. The van der Waals surface area contributed by atoms with Crippen LogP contribution in [-0.4, -0.2) is 13.1 Å². The van der Waals surface area contributed by atoms with E-state index in [9.17, 15) is 4.79 Å². The zero-order chi connectivity index (χ0) is 12.4. The normalized spacial score (nSPS) is 18.6. The van der Waals surface area contributed by atoms with Gasteiger partial charge in [-0.15, -0.1) is 0 Å². The molecule has 1 aromatic rings. The molecule has 1 amide bonds. The average Bonchev–Trinajstić information content (AvgIpc) is 2.34. The molecule has 17 heavy (non-hydrogen) atoms. The largest absolute Gasteiger partial charge is 0.414 e. The molecule has 3 heteroatoms. The number of benzene rings is 1. The summed E-state index contributed by atoms with van der Waals surface area (Å²) in [4.78, 5) is 11.3. The summed E-state index contributed by atoms with van der Waals surface area (Å²) in [5, 5.41) is 2.48. The fraction of sp³-hybridized carbons (Fsp3) is 0.357. The number of ether oxygens (including phenoxy) is 1. The van der Waals surface area contributed by atoms with Crippen LogP contribution in [0.3, 0.4) is 0 Å². The number of alkyl carbamates (subject to hydrolysis) is 1. The zero-order valence-electron chi connectivity index (χ0n) is 10.4. The van der Waals surface area contributed by atoms with E-state index < -0.39 is 6.09 Å². The van der Waals surface area contributed by atoms with Gasteiger partial charge in [0.2, 0.25) is 0 Å². The van der Waals surface area contributed by atoms with Crippen LogP contribution in [0.1, 0.15) is 24.5 Å². The Kier molecular flexibility index (Phi) is 3.18. The fourth-order valence-electron chi connectivity index (χ4n) is 2.13. The molecule has 0 fully saturated rings. The number of hydrogen-bond acceptors (Lipinski definition) is 2. The number of rotatable bonds is 2. The first-order valence-electron chi connectivity index (χ1n) is 5.82. The summed E-state index contributed by atoms with van der Waals surface area (Å²) in [5.74, 6) is 1.13. The molecule has 0 radical (unpaired) electrons. The Bertz CT molecular complexity index is 477. The maximum absolute atomic E-state index is 11.3. The van der Waals surface area contributed by atoms with E-state index in [0.29, 0.717) is 5.92 Å². The standard InChI is InChI=1S/C14H17NO2/c1-9-6-4-5-7-11(9)12-8-10(2)13(12)17-14(16)15-3/h4-7,10H,8H2,1-3H3,(H,15,16). The summed E-state index contributed by atoms with van der Waals surface area (Å²) in [7, 11) is 1.57. The summed E-state index contributed by atoms with van der Waals surface area (Å²) < 4.78 is 5.30. The molecule has 0 spiro atoms. The molecule has 1 aromatic carbocycles. The highest BCUT2D eigenvalue weighted by Crippen LogP contribution is 2.42. The van der Waals surface area contributed by atoms with Crippen molar-refractivity contribution in [2.24, 2.45) is 5.92 Å². The van der Waals surface area contributed by atoms with E-state index >= 15 is 0 Å². The van der Waals surface area contributed by atoms with Gasteiger partial charge in [0.15, 0.2) is 0 Å². The SMILES string of the molecule is CNC(=O)OC1=C(c2ccccc2C)CC1C. The third-order valence-electron chi connectivity index (χ3n) is 3.13. The molecule has 0 aromatic heterocycles. The van der Waals surface area contributed by atoms with Crippen LogP contribution >= 0.6 is 0 Å². The molecular weight excluding hydrogens is 214 g/mol. The highest BCUT2D eigenvalue weighted by molar-refractivity contribution is 5.78. The van der Waals surface area contributed by atoms with Gasteiger partial charge in [-0.2, -0.15) is 0 Å². The maximum atomic E-state index is 11.3. The van der Waals surface area contributed by atoms with Crippen molar-refractivity contribution in [3.8, 4) is 0 Å². The van der Waals surface area contributed by atoms with Crippen molar-refractivity contribution >= 4 is 11.7 Å². The molecule has 90 valence electrons. The van der Waals surface area contributed by atoms with Gasteiger partial charge in [0.05, 0.1) is 0 Å². The van der Waals surface area contributed by atoms with Crippen LogP contribution < -0.4 is 5.32 Å². The summed E-state index contributed by atoms with van der Waals surface area (Å²) in [6.45, 7) is 4.14. The second-order valence-corrected chi connectivity index (χ2v) is 4.40. The van der Waals surface area contributed by atoms with E-state index in [1.54, 1.807) is 7.05 Å². The van der Waals surface area contributed by atoms with Crippen LogP contribution in [0.15, 0.2) is 30.0 Å². The number of allylic oxidation sites excluding steroid dienone is 2. The fourth-order valence-corrected chi connectivity index (χ4v) is 2.13. The van der Waals surface area contributed by atoms with Gasteiger partial charge in [0, 0.05) is 13.0 Å². The number of amides is 1. The van der Waals surface area contributed by atoms with E-state index in [0.717, 1.165) is 17.8 Å². The highest BCUT2D eigenvalue weighted by atomic mass is 16.6. The van der Waals surface area contributed by atoms with Gasteiger partial charge in [-0.3, -0.25) is 0 Å². The minimum absolute atomic E-state index is 0.321. The molecule has 2 rings (SSSR count). The van der Waals surface area contributed by atoms with Crippen molar-refractivity contribution in [2.45, 2.75) is 20.3 Å². The number of carbonyl (C=O) groups excluding carboxylic acids is 1. The Balaban J connectivity index is 2.31. The molecule has 0 heterocycles. The molecular formula is C14H17NO2. The lowest BCUT2D eigenvalue weighted by molar-refractivity contribution is 0.163. The lowest BCUT2D eigenvalue weighted by Crippen LogP contribution is -2.26. The van der Waals surface area contributed by atoms with E-state index in [1.165, 1.54) is 11.1 Å². The first-order chi connectivity index (χ1) is 8.13. The third kappa shape index (κ3) is 2.18. The third-order valence-corrected chi connectivity index (χ3v) is 3.13. The second-order valence-electron chi connectivity index (χ2n) is 4.40. The van der Waals surface area contributed by atoms with Crippen LogP contribution in [0.5, 0.6) is 0 Å². The van der Waals surface area contributed by atoms with Crippen molar-refractivity contribution in [2.75, 3.05) is 7.05 Å². The molecule has 0 aliphatic heterocycles. The van der Waals surface area contributed by atoms with Crippen LogP contribution in [-0.2, 0) is 4.74 Å². The number of carbonyl (C=O) groups is 1. The Morgan fingerprint density at radius 1 is 1.41 bits per heavy atom. The average molecular weight is 231 g/mol. The highest BCUT2D eigenvalue weighted by Gasteiger charge is 2.30. The molecule has 1 aliphatic carbocycles. The Hall–Kier alpha value is -1.77. The minimum atomic E-state index is -0.391. The van der Waals surface area contributed by atoms with Gasteiger partial charge in [0.25, 0.3) is 0 Å². The van der Waals surface area contributed by atoms with Crippen LogP contribution in [0.25, 0.3) is 5.57 Å². The van der Waals surface area contributed by atoms with Gasteiger partial charge < -0.3 is 10.1 Å². The van der Waals surface area contributed by atoms with Gasteiger partial charge in [-0.05, 0) is 30.0 Å². The van der Waals surface area contributed by atoms with Crippen LogP contribution in [0, 0.1) is 12.8 Å². The summed E-state index contributed by atoms with van der Waals surface area (Å²) >= 11 is 0. The summed E-state index contributed by atoms with van der Waals surface area (Å²) in [5.41, 5.74) is 3.55. The van der Waals surface area contributed by atoms with Crippen molar-refractivity contribution in [1.82, 2.24) is 5.32 Å². The van der Waals surface area contributed by atoms with Gasteiger partial charge >= 0.3 is 6.09 Å². The van der Waals surface area contributed by atoms with E-state index in [-0.39, 0.29) is 0 Å². The van der Waals surface area contributed by atoms with Gasteiger partial charge in [-0.1, -0.05) is 31.2 Å². The maximum Gasteiger partial charge on any atom is 0.412 e. The van der Waals surface area contributed by atoms with Crippen molar-refractivity contribution in [1.29, 1.82) is 0 Å². The second kappa shape index (κ2) is 4.62. The van der Waals surface area contributed by atoms with Crippen LogP contribution in [0.2, 0.25) is 0 Å². The smallest absolute Gasteiger partial charge is 0.412 e. The quantitative estimate of drug-likeness (QED) is 0.849. The molecule has 1 atom stereocenters. The number of nitrogens with one attached hydrogen (secondary N) is 1. The Morgan fingerprint density at radius 2 is 2.12 bits per heavy atom. The molecule has 0 saturated carbocycles. The van der Waals surface area contributed by atoms with Crippen LogP contribution in [0.4, 0.5) is 4.79 Å². The van der Waals surface area contributed by atoms with Crippen molar-refractivity contribution < 1.29 is 9.53 Å². The monoisotopic (exact) mass is 231 g/mol. The van der Waals surface area contributed by atoms with E-state index in [2.05, 4.69) is 31.3 Å². The molecule has 3 nitrogen and oxygen atoms in total. The summed E-state index contributed by atoms with van der Waals surface area (Å²) in [6, 6.07) is 8.17. The lowest BCUT2D eigenvalue weighted by atomic mass is 9.80. The predicted molar refractivity (Wildman–Crippen MR) is 67.4 cm³/mol. The minimum Gasteiger partial charge on any atom is -0.414 e. The molecule has 1 unspecified atom stereocenters. The van der Waals surface area contributed by atoms with Gasteiger partial charge in [-0.25, -0.2) is 4.79 Å². The van der Waals surface area contributed by atoms with Crippen molar-refractivity contribution in [3.63, 3.8) is 0 Å². The van der Waals surface area contributed by atoms with Crippen molar-refractivity contribution in [3.05, 3.63) is 41.2 Å². The first kappa shape index (κ1) is 11.7. The number of hydrogen-bond donors (Lipinski definition) is 1. The molecule has 0 saturated heterocycles. The molecule has 0 bridgehead atoms. The number of aryl methyl sites for hydroxylation is 1. The zero-order valence-corrected chi connectivity index (χ0v) is 10.4. The summed E-state index contributed by atoms with van der Waals surface area (Å²) in [6.07, 6.45) is 0.578. The lowest BCUT2D eigenvalue weighted by Gasteiger charge is -2.30. The predicted octanol–water partition coefficient (Wildman–Crippen LogP) is 3.10. The molecule has 1 N–H and O–H groups in total. The van der Waals surface area contributed by atoms with E-state index in [4.69, 9.17) is 4.74 Å². The topological polar surface area (TPSA) is 38.3 Å². The molecule has 1 aliphatic rings. The Labute approximate surface area is 101 Å². The van der Waals surface area contributed by atoms with Gasteiger partial charge in [0.1, 0.15) is 5.76 Å². The first-order valence-corrected chi connectivity index (χ1v) is 5.82. The van der Waals surface area contributed by atoms with E-state index in [1.807, 2.05) is 12.1 Å².